The van der Waals surface area contributed by atoms with Crippen molar-refractivity contribution in [3.63, 3.8) is 0 Å². The van der Waals surface area contributed by atoms with Crippen LogP contribution in [-0.4, -0.2) is 20.6 Å². The molecule has 1 aliphatic carbocycles. The number of hydrogen-bond donors (Lipinski definition) is 3. The molecule has 5 N–H and O–H groups in total. The average molecular weight is 348 g/mol. The fourth-order valence-electron chi connectivity index (χ4n) is 3.60. The summed E-state index contributed by atoms with van der Waals surface area (Å²) in [6.45, 7) is 1.91. The maximum Gasteiger partial charge on any atom is 0.254 e. The highest BCUT2D eigenvalue weighted by atomic mass is 16.3. The molecule has 0 radical (unpaired) electrons. The normalized spacial score (nSPS) is 14.0. The maximum atomic E-state index is 12.1. The van der Waals surface area contributed by atoms with Gasteiger partial charge >= 0.3 is 0 Å². The van der Waals surface area contributed by atoms with Crippen molar-refractivity contribution in [2.75, 3.05) is 5.73 Å². The van der Waals surface area contributed by atoms with E-state index >= 15 is 0 Å². The minimum Gasteiger partial charge on any atom is -0.508 e. The highest BCUT2D eigenvalue weighted by molar-refractivity contribution is 6.10. The molecule has 1 aliphatic rings. The number of nitrogens with zero attached hydrogens (tertiary/aromatic N) is 2. The van der Waals surface area contributed by atoms with E-state index in [1.54, 1.807) is 22.8 Å². The number of amides is 1. The van der Waals surface area contributed by atoms with Crippen LogP contribution in [0.5, 0.6) is 5.75 Å². The quantitative estimate of drug-likeness (QED) is 0.675. The summed E-state index contributed by atoms with van der Waals surface area (Å²) in [6.07, 6.45) is 5.32. The van der Waals surface area contributed by atoms with Crippen LogP contribution in [0.4, 0.5) is 5.82 Å². The van der Waals surface area contributed by atoms with Crippen molar-refractivity contribution in [3.05, 3.63) is 53.2 Å². The Labute approximate surface area is 150 Å². The van der Waals surface area contributed by atoms with Crippen LogP contribution in [0.3, 0.4) is 0 Å². The average Bonchev–Trinajstić information content (AvgIpc) is 3.22. The molecule has 0 fully saturated rings. The number of hydrogen-bond acceptors (Lipinski definition) is 4. The summed E-state index contributed by atoms with van der Waals surface area (Å²) in [5.74, 6) is -0.270. The van der Waals surface area contributed by atoms with Gasteiger partial charge in [0.15, 0.2) is 0 Å². The third kappa shape index (κ3) is 2.42. The number of nitrogens with two attached hydrogens (primary N) is 2. The summed E-state index contributed by atoms with van der Waals surface area (Å²) < 4.78 is 1.73. The van der Waals surface area contributed by atoms with E-state index in [1.807, 2.05) is 19.1 Å². The smallest absolute Gasteiger partial charge is 0.254 e. The van der Waals surface area contributed by atoms with Crippen LogP contribution in [0.1, 0.15) is 40.9 Å². The molecule has 0 spiro atoms. The van der Waals surface area contributed by atoms with E-state index in [1.165, 1.54) is 5.57 Å². The Balaban J connectivity index is 2.04. The summed E-state index contributed by atoms with van der Waals surface area (Å²) in [5, 5.41) is 9.90. The lowest BCUT2D eigenvalue weighted by atomic mass is 10.1. The highest BCUT2D eigenvalue weighted by Crippen LogP contribution is 2.35. The number of carbonyl (C=O) groups excluding carboxylic acids is 1. The number of nitrogen functional groups attached to an aromatic ring is 1. The molecule has 0 atom stereocenters. The van der Waals surface area contributed by atoms with Gasteiger partial charge in [-0.05, 0) is 55.5 Å². The van der Waals surface area contributed by atoms with Gasteiger partial charge < -0.3 is 16.6 Å². The number of phenols is 1. The zero-order valence-electron chi connectivity index (χ0n) is 14.5. The molecule has 6 nitrogen and oxygen atoms in total. The van der Waals surface area contributed by atoms with Crippen molar-refractivity contribution >= 4 is 28.3 Å². The number of aryl methyl sites for hydroxylation is 1. The van der Waals surface area contributed by atoms with Crippen LogP contribution in [0.2, 0.25) is 0 Å². The Morgan fingerprint density at radius 1 is 1.27 bits per heavy atom. The molecular weight excluding hydrogens is 328 g/mol. The Hall–Kier alpha value is -3.28. The molecule has 2 heterocycles. The Morgan fingerprint density at radius 3 is 2.77 bits per heavy atom. The van der Waals surface area contributed by atoms with E-state index in [9.17, 15) is 9.90 Å². The third-order valence-corrected chi connectivity index (χ3v) is 4.90. The number of primary amides is 1. The molecule has 6 heteroatoms. The lowest BCUT2D eigenvalue weighted by molar-refractivity contribution is 0.100. The SMILES string of the molecule is Cc1ccc(O)cc1-n1c(N)c(C(N)=O)c2nc(C3=CCCC3)ccc21. The minimum atomic E-state index is -0.617. The first-order valence-corrected chi connectivity index (χ1v) is 8.57. The highest BCUT2D eigenvalue weighted by Gasteiger charge is 2.23. The van der Waals surface area contributed by atoms with Crippen molar-refractivity contribution in [2.24, 2.45) is 5.73 Å². The minimum absolute atomic E-state index is 0.119. The molecule has 0 saturated heterocycles. The van der Waals surface area contributed by atoms with E-state index < -0.39 is 5.91 Å². The third-order valence-electron chi connectivity index (χ3n) is 4.90. The molecule has 3 aromatic rings. The Morgan fingerprint density at radius 2 is 2.08 bits per heavy atom. The predicted octanol–water partition coefficient (Wildman–Crippen LogP) is 3.29. The monoisotopic (exact) mass is 348 g/mol. The first-order valence-electron chi connectivity index (χ1n) is 8.57. The predicted molar refractivity (Wildman–Crippen MR) is 102 cm³/mol. The first-order chi connectivity index (χ1) is 12.5. The van der Waals surface area contributed by atoms with Crippen LogP contribution in [0, 0.1) is 6.92 Å². The topological polar surface area (TPSA) is 107 Å². The summed E-state index contributed by atoms with van der Waals surface area (Å²) >= 11 is 0. The van der Waals surface area contributed by atoms with E-state index in [0.29, 0.717) is 16.7 Å². The van der Waals surface area contributed by atoms with Gasteiger partial charge in [-0.2, -0.15) is 0 Å². The summed E-state index contributed by atoms with van der Waals surface area (Å²) in [4.78, 5) is 16.8. The number of pyridine rings is 1. The molecule has 0 aliphatic heterocycles. The number of aromatic nitrogens is 2. The van der Waals surface area contributed by atoms with Crippen LogP contribution in [0.25, 0.3) is 22.3 Å². The molecule has 4 rings (SSSR count). The molecule has 0 saturated carbocycles. The van der Waals surface area contributed by atoms with Crippen molar-refractivity contribution in [1.29, 1.82) is 0 Å². The molecule has 1 aromatic carbocycles. The molecule has 132 valence electrons. The van der Waals surface area contributed by atoms with E-state index in [0.717, 1.165) is 30.5 Å². The number of benzene rings is 1. The number of fused-ring (bicyclic) bond motifs is 1. The maximum absolute atomic E-state index is 12.1. The van der Waals surface area contributed by atoms with Gasteiger partial charge in [-0.15, -0.1) is 0 Å². The number of rotatable bonds is 3. The number of phenolic OH excluding ortho intramolecular Hbond substituents is 1. The van der Waals surface area contributed by atoms with Gasteiger partial charge in [0.2, 0.25) is 0 Å². The van der Waals surface area contributed by atoms with Crippen LogP contribution in [0.15, 0.2) is 36.4 Å². The largest absolute Gasteiger partial charge is 0.508 e. The second-order valence-electron chi connectivity index (χ2n) is 6.62. The fraction of sp³-hybridized carbons (Fsp3) is 0.200. The van der Waals surface area contributed by atoms with Crippen LogP contribution < -0.4 is 11.5 Å². The Kier molecular flexibility index (Phi) is 3.68. The van der Waals surface area contributed by atoms with Crippen LogP contribution >= 0.6 is 0 Å². The van der Waals surface area contributed by atoms with Gasteiger partial charge in [-0.3, -0.25) is 9.36 Å². The van der Waals surface area contributed by atoms with Gasteiger partial charge in [0.1, 0.15) is 22.6 Å². The lowest BCUT2D eigenvalue weighted by Crippen LogP contribution is -2.14. The molecule has 1 amide bonds. The second-order valence-corrected chi connectivity index (χ2v) is 6.62. The van der Waals surface area contributed by atoms with E-state index in [2.05, 4.69) is 6.08 Å². The number of carbonyl (C=O) groups is 1. The van der Waals surface area contributed by atoms with Gasteiger partial charge in [0, 0.05) is 6.07 Å². The zero-order valence-corrected chi connectivity index (χ0v) is 14.5. The van der Waals surface area contributed by atoms with Gasteiger partial charge in [-0.25, -0.2) is 4.98 Å². The molecular formula is C20H20N4O2. The molecule has 26 heavy (non-hydrogen) atoms. The summed E-state index contributed by atoms with van der Waals surface area (Å²) in [6, 6.07) is 8.87. The lowest BCUT2D eigenvalue weighted by Gasteiger charge is -2.12. The number of allylic oxidation sites excluding steroid dienone is 2. The summed E-state index contributed by atoms with van der Waals surface area (Å²) in [7, 11) is 0. The van der Waals surface area contributed by atoms with Gasteiger partial charge in [-0.1, -0.05) is 12.1 Å². The first kappa shape index (κ1) is 16.2. The molecule has 0 bridgehead atoms. The fourth-order valence-corrected chi connectivity index (χ4v) is 3.60. The Bertz CT molecular complexity index is 1080. The molecule has 2 aromatic heterocycles. The summed E-state index contributed by atoms with van der Waals surface area (Å²) in [5.41, 5.74) is 16.9. The van der Waals surface area contributed by atoms with E-state index in [4.69, 9.17) is 16.5 Å². The zero-order chi connectivity index (χ0) is 18.4. The number of anilines is 1. The van der Waals surface area contributed by atoms with Gasteiger partial charge in [0.05, 0.1) is 16.9 Å². The second kappa shape index (κ2) is 5.91. The van der Waals surface area contributed by atoms with Crippen molar-refractivity contribution in [3.8, 4) is 11.4 Å². The number of aromatic hydroxyl groups is 1. The van der Waals surface area contributed by atoms with Crippen molar-refractivity contribution in [2.45, 2.75) is 26.2 Å². The van der Waals surface area contributed by atoms with Crippen molar-refractivity contribution < 1.29 is 9.90 Å². The van der Waals surface area contributed by atoms with E-state index in [-0.39, 0.29) is 17.1 Å². The van der Waals surface area contributed by atoms with Crippen molar-refractivity contribution in [1.82, 2.24) is 9.55 Å². The van der Waals surface area contributed by atoms with Crippen LogP contribution in [-0.2, 0) is 0 Å². The standard InChI is InChI=1S/C20H20N4O2/c1-11-6-7-13(25)10-16(11)24-15-9-8-14(12-4-2-3-5-12)23-18(15)17(19(24)21)20(22)26/h4,6-10,25H,2-3,5,21H2,1H3,(H2,22,26). The molecule has 0 unspecified atom stereocenters. The van der Waals surface area contributed by atoms with Gasteiger partial charge in [0.25, 0.3) is 5.91 Å².